The number of hydrogen-bond acceptors (Lipinski definition) is 1. The largest absolute Gasteiger partial charge is 0.309 e. The third-order valence-corrected chi connectivity index (χ3v) is 15.1. The summed E-state index contributed by atoms with van der Waals surface area (Å²) in [6.07, 6.45) is 1.92. The molecular weight excluding hydrogens is 741 g/mol. The summed E-state index contributed by atoms with van der Waals surface area (Å²) in [5.74, 6) is 0.644. The Morgan fingerprint density at radius 1 is 0.492 bits per heavy atom. The molecule has 4 heteroatoms. The van der Waals surface area contributed by atoms with Gasteiger partial charge in [0.1, 0.15) is 0 Å². The molecule has 8 aromatic rings. The number of benzene rings is 7. The fourth-order valence-electron chi connectivity index (χ4n) is 10.2. The molecular formula is C57H52N4. The molecule has 0 atom stereocenters. The number of fused-ring (bicyclic) bond motifs is 10. The molecule has 2 aliphatic rings. The molecule has 0 unspecified atom stereocenters. The number of nitrogens with one attached hydrogen (secondary N) is 1. The lowest BCUT2D eigenvalue weighted by Crippen LogP contribution is -2.43. The molecule has 1 N–H and O–H groups in total. The Bertz CT molecular complexity index is 3150. The highest BCUT2D eigenvalue weighted by atomic mass is 15.0. The van der Waals surface area contributed by atoms with Gasteiger partial charge in [-0.1, -0.05) is 183 Å². The zero-order chi connectivity index (χ0) is 42.5. The number of aliphatic imine (C=N–C) groups is 2. The van der Waals surface area contributed by atoms with Crippen molar-refractivity contribution < 1.29 is 0 Å². The first-order valence-corrected chi connectivity index (χ1v) is 21.5. The van der Waals surface area contributed by atoms with E-state index in [0.29, 0.717) is 5.84 Å². The van der Waals surface area contributed by atoms with Crippen LogP contribution >= 0.6 is 0 Å². The molecule has 0 bridgehead atoms. The smallest absolute Gasteiger partial charge is 0.161 e. The number of aromatic nitrogens is 1. The zero-order valence-electron chi connectivity index (χ0n) is 36.4. The highest BCUT2D eigenvalue weighted by Crippen LogP contribution is 2.57. The van der Waals surface area contributed by atoms with Gasteiger partial charge in [-0.3, -0.25) is 5.41 Å². The van der Waals surface area contributed by atoms with Gasteiger partial charge >= 0.3 is 0 Å². The molecule has 0 spiro atoms. The minimum absolute atomic E-state index is 0.0575. The van der Waals surface area contributed by atoms with Crippen LogP contribution in [0.4, 0.5) is 0 Å². The van der Waals surface area contributed by atoms with Crippen molar-refractivity contribution in [3.8, 4) is 27.9 Å². The summed E-state index contributed by atoms with van der Waals surface area (Å²) in [7, 11) is 0. The van der Waals surface area contributed by atoms with Crippen LogP contribution < -0.4 is 0 Å². The van der Waals surface area contributed by atoms with Gasteiger partial charge in [0.2, 0.25) is 0 Å². The molecule has 61 heavy (non-hydrogen) atoms. The maximum Gasteiger partial charge on any atom is 0.161 e. The number of rotatable bonds is 4. The lowest BCUT2D eigenvalue weighted by molar-refractivity contribution is 0.299. The molecule has 4 nitrogen and oxygen atoms in total. The Kier molecular flexibility index (Phi) is 8.65. The summed E-state index contributed by atoms with van der Waals surface area (Å²) in [4.78, 5) is 10.1. The molecule has 0 saturated carbocycles. The van der Waals surface area contributed by atoms with Gasteiger partial charge in [0.15, 0.2) is 11.7 Å². The van der Waals surface area contributed by atoms with Gasteiger partial charge in [-0.2, -0.15) is 0 Å². The number of nitrogens with zero attached hydrogens (tertiary/aromatic N) is 3. The van der Waals surface area contributed by atoms with Gasteiger partial charge in [-0.25, -0.2) is 9.98 Å². The van der Waals surface area contributed by atoms with Crippen molar-refractivity contribution in [1.82, 2.24) is 4.57 Å². The monoisotopic (exact) mass is 792 g/mol. The number of amidine groups is 2. The van der Waals surface area contributed by atoms with Crippen LogP contribution in [0.25, 0.3) is 49.7 Å². The third kappa shape index (κ3) is 5.68. The van der Waals surface area contributed by atoms with E-state index in [0.717, 1.165) is 33.4 Å². The van der Waals surface area contributed by atoms with Crippen molar-refractivity contribution in [2.75, 3.05) is 0 Å². The fourth-order valence-corrected chi connectivity index (χ4v) is 10.2. The molecule has 2 aliphatic carbocycles. The normalized spacial score (nSPS) is 16.8. The molecule has 0 amide bonds. The van der Waals surface area contributed by atoms with E-state index in [9.17, 15) is 0 Å². The van der Waals surface area contributed by atoms with Crippen LogP contribution in [0.2, 0.25) is 0 Å². The Labute approximate surface area is 359 Å². The van der Waals surface area contributed by atoms with Crippen molar-refractivity contribution >= 4 is 39.7 Å². The van der Waals surface area contributed by atoms with Crippen molar-refractivity contribution in [2.24, 2.45) is 9.98 Å². The van der Waals surface area contributed by atoms with E-state index in [1.54, 1.807) is 0 Å². The molecule has 300 valence electrons. The highest BCUT2D eigenvalue weighted by Gasteiger charge is 2.47. The van der Waals surface area contributed by atoms with Crippen LogP contribution in [0, 0.1) is 5.41 Å². The van der Waals surface area contributed by atoms with Crippen LogP contribution in [0.3, 0.4) is 0 Å². The van der Waals surface area contributed by atoms with Crippen LogP contribution in [0.5, 0.6) is 0 Å². The first-order valence-electron chi connectivity index (χ1n) is 21.5. The van der Waals surface area contributed by atoms with Gasteiger partial charge in [-0.05, 0) is 102 Å². The van der Waals surface area contributed by atoms with E-state index in [4.69, 9.17) is 15.4 Å². The summed E-state index contributed by atoms with van der Waals surface area (Å²) in [5.41, 5.74) is 16.2. The van der Waals surface area contributed by atoms with Gasteiger partial charge in [0, 0.05) is 33.8 Å². The van der Waals surface area contributed by atoms with E-state index in [1.807, 2.05) is 36.5 Å². The summed E-state index contributed by atoms with van der Waals surface area (Å²) in [6, 6.07) is 56.2. The summed E-state index contributed by atoms with van der Waals surface area (Å²) < 4.78 is 2.39. The Hall–Kier alpha value is -6.65. The van der Waals surface area contributed by atoms with Crippen LogP contribution in [-0.2, 0) is 21.7 Å². The second-order valence-corrected chi connectivity index (χ2v) is 19.1. The van der Waals surface area contributed by atoms with Crippen LogP contribution in [0.15, 0.2) is 168 Å². The van der Waals surface area contributed by atoms with Gasteiger partial charge in [0.05, 0.1) is 11.0 Å². The van der Waals surface area contributed by atoms with E-state index in [2.05, 4.69) is 187 Å². The zero-order valence-corrected chi connectivity index (χ0v) is 36.4. The first kappa shape index (κ1) is 38.5. The van der Waals surface area contributed by atoms with E-state index < -0.39 is 0 Å². The molecule has 0 fully saturated rings. The SMILES string of the molecule is CC1(C)c2ccccc2-c2ccc(C=NC(=NC(=N)c3ccccc3)c3cccc(-n4c5ccccc5c5c6c(ccc54)C(C)(C)C(C)(C)c4ccccc4-6)c3)cc2C1(C)C. The molecule has 1 heterocycles. The molecule has 1 aromatic heterocycles. The Morgan fingerprint density at radius 3 is 1.84 bits per heavy atom. The van der Waals surface area contributed by atoms with Crippen molar-refractivity contribution in [2.45, 2.75) is 77.0 Å². The third-order valence-electron chi connectivity index (χ3n) is 15.1. The predicted molar refractivity (Wildman–Crippen MR) is 258 cm³/mol. The lowest BCUT2D eigenvalue weighted by Gasteiger charge is -2.48. The first-order chi connectivity index (χ1) is 29.2. The van der Waals surface area contributed by atoms with Crippen LogP contribution in [-0.4, -0.2) is 22.5 Å². The molecule has 0 radical (unpaired) electrons. The Balaban J connectivity index is 1.13. The average Bonchev–Trinajstić information content (AvgIpc) is 3.61. The quantitative estimate of drug-likeness (QED) is 0.136. The van der Waals surface area contributed by atoms with E-state index in [1.165, 1.54) is 55.3 Å². The molecule has 0 aliphatic heterocycles. The molecule has 0 saturated heterocycles. The number of para-hydroxylation sites is 1. The van der Waals surface area contributed by atoms with Gasteiger partial charge < -0.3 is 4.57 Å². The summed E-state index contributed by atoms with van der Waals surface area (Å²) in [6.45, 7) is 19.0. The Morgan fingerprint density at radius 2 is 1.08 bits per heavy atom. The fraction of sp³-hybridized carbons (Fsp3) is 0.211. The predicted octanol–water partition coefficient (Wildman–Crippen LogP) is 14.1. The van der Waals surface area contributed by atoms with E-state index >= 15 is 0 Å². The summed E-state index contributed by atoms with van der Waals surface area (Å²) >= 11 is 0. The van der Waals surface area contributed by atoms with Crippen molar-refractivity contribution in [3.05, 3.63) is 197 Å². The second kappa shape index (κ2) is 13.7. The summed E-state index contributed by atoms with van der Waals surface area (Å²) in [5, 5.41) is 11.6. The van der Waals surface area contributed by atoms with Crippen molar-refractivity contribution in [3.63, 3.8) is 0 Å². The average molecular weight is 793 g/mol. The van der Waals surface area contributed by atoms with Gasteiger partial charge in [0.25, 0.3) is 0 Å². The topological polar surface area (TPSA) is 53.5 Å². The standard InChI is InChI=1S/C57H52N4/c1-54(2)44-26-15-12-23-40(44)41-30-29-36(33-47(41)57(54,7)8)35-59-53(60-52(58)37-19-10-9-11-20-37)38-21-18-22-39(34-38)61-48-28-17-14-25-43(48)51-49(61)32-31-46-50(51)42-24-13-16-27-45(42)55(3,4)56(46,5)6/h9-35,58H,1-8H3. The second-order valence-electron chi connectivity index (χ2n) is 19.1. The molecule has 7 aromatic carbocycles. The van der Waals surface area contributed by atoms with Gasteiger partial charge in [-0.15, -0.1) is 0 Å². The minimum Gasteiger partial charge on any atom is -0.309 e. The molecule has 10 rings (SSSR count). The van der Waals surface area contributed by atoms with Crippen LogP contribution in [0.1, 0.15) is 94.3 Å². The number of hydrogen-bond donors (Lipinski definition) is 1. The lowest BCUT2D eigenvalue weighted by atomic mass is 9.55. The maximum absolute atomic E-state index is 9.13. The maximum atomic E-state index is 9.13. The minimum atomic E-state index is -0.128. The van der Waals surface area contributed by atoms with E-state index in [-0.39, 0.29) is 27.5 Å². The van der Waals surface area contributed by atoms with Crippen molar-refractivity contribution in [1.29, 1.82) is 5.41 Å². The highest BCUT2D eigenvalue weighted by molar-refractivity contribution is 6.18.